The Balaban J connectivity index is 2.36. The van der Waals surface area contributed by atoms with E-state index in [-0.39, 0.29) is 0 Å². The van der Waals surface area contributed by atoms with Crippen LogP contribution in [0.1, 0.15) is 67.2 Å². The zero-order chi connectivity index (χ0) is 11.0. The van der Waals surface area contributed by atoms with E-state index in [1.807, 2.05) is 0 Å². The van der Waals surface area contributed by atoms with Gasteiger partial charge in [0.2, 0.25) is 0 Å². The molecule has 0 aromatic carbocycles. The van der Waals surface area contributed by atoms with Crippen molar-refractivity contribution in [3.63, 3.8) is 0 Å². The molecule has 0 aliphatic heterocycles. The van der Waals surface area contributed by atoms with Crippen molar-refractivity contribution in [3.05, 3.63) is 0 Å². The first kappa shape index (κ1) is 12.1. The molecule has 1 fully saturated rings. The molecule has 0 saturated heterocycles. The molecule has 14 heavy (non-hydrogen) atoms. The zero-order valence-corrected chi connectivity index (χ0v) is 11.0. The number of hydrogen-bond acceptors (Lipinski definition) is 0. The highest BCUT2D eigenvalue weighted by molar-refractivity contribution is 4.86. The average Bonchev–Trinajstić information content (AvgIpc) is 1.91. The normalized spacial score (nSPS) is 28.7. The molecule has 1 aliphatic rings. The minimum Gasteiger partial charge on any atom is -0.0602 e. The Labute approximate surface area is 90.5 Å². The van der Waals surface area contributed by atoms with Crippen molar-refractivity contribution < 1.29 is 0 Å². The van der Waals surface area contributed by atoms with Crippen LogP contribution in [0.4, 0.5) is 0 Å². The molecular formula is C14H28. The first-order chi connectivity index (χ1) is 6.17. The summed E-state index contributed by atoms with van der Waals surface area (Å²) in [6.45, 7) is 14.2. The van der Waals surface area contributed by atoms with Crippen molar-refractivity contribution in [3.8, 4) is 0 Å². The van der Waals surface area contributed by atoms with Crippen LogP contribution in [0, 0.1) is 22.7 Å². The summed E-state index contributed by atoms with van der Waals surface area (Å²) in [5.74, 6) is 2.04. The lowest BCUT2D eigenvalue weighted by Crippen LogP contribution is -2.32. The fourth-order valence-corrected chi connectivity index (χ4v) is 2.75. The van der Waals surface area contributed by atoms with Crippen molar-refractivity contribution in [1.82, 2.24) is 0 Å². The Morgan fingerprint density at radius 1 is 0.714 bits per heavy atom. The van der Waals surface area contributed by atoms with Crippen LogP contribution in [-0.2, 0) is 0 Å². The molecule has 0 aromatic rings. The van der Waals surface area contributed by atoms with Gasteiger partial charge in [0.15, 0.2) is 0 Å². The number of rotatable bonds is 2. The van der Waals surface area contributed by atoms with E-state index in [1.165, 1.54) is 25.7 Å². The Morgan fingerprint density at radius 2 is 1.00 bits per heavy atom. The second kappa shape index (κ2) is 3.87. The van der Waals surface area contributed by atoms with E-state index < -0.39 is 0 Å². The van der Waals surface area contributed by atoms with Gasteiger partial charge in [0.05, 0.1) is 0 Å². The molecule has 0 amide bonds. The van der Waals surface area contributed by atoms with E-state index in [1.54, 1.807) is 0 Å². The third-order valence-corrected chi connectivity index (χ3v) is 3.32. The maximum atomic E-state index is 2.37. The summed E-state index contributed by atoms with van der Waals surface area (Å²) < 4.78 is 0. The summed E-state index contributed by atoms with van der Waals surface area (Å²) in [6, 6.07) is 0. The smallest absolute Gasteiger partial charge is 0.0380 e. The quantitative estimate of drug-likeness (QED) is 0.590. The van der Waals surface area contributed by atoms with E-state index >= 15 is 0 Å². The van der Waals surface area contributed by atoms with Crippen molar-refractivity contribution in [2.45, 2.75) is 67.2 Å². The molecule has 2 atom stereocenters. The van der Waals surface area contributed by atoms with Gasteiger partial charge in [0.25, 0.3) is 0 Å². The van der Waals surface area contributed by atoms with E-state index in [0.29, 0.717) is 10.8 Å². The molecule has 0 nitrogen and oxygen atoms in total. The lowest BCUT2D eigenvalue weighted by atomic mass is 9.63. The van der Waals surface area contributed by atoms with Crippen LogP contribution in [0.25, 0.3) is 0 Å². The van der Waals surface area contributed by atoms with Gasteiger partial charge >= 0.3 is 0 Å². The fraction of sp³-hybridized carbons (Fsp3) is 1.00. The molecule has 84 valence electrons. The second-order valence-electron chi connectivity index (χ2n) is 7.63. The molecule has 0 aromatic heterocycles. The van der Waals surface area contributed by atoms with Gasteiger partial charge < -0.3 is 0 Å². The van der Waals surface area contributed by atoms with Crippen molar-refractivity contribution in [2.75, 3.05) is 0 Å². The summed E-state index contributed by atoms with van der Waals surface area (Å²) in [5, 5.41) is 0. The number of hydrogen-bond donors (Lipinski definition) is 0. The minimum atomic E-state index is 0.529. The van der Waals surface area contributed by atoms with Crippen LogP contribution >= 0.6 is 0 Å². The van der Waals surface area contributed by atoms with Gasteiger partial charge in [-0.15, -0.1) is 0 Å². The Hall–Kier alpha value is 0. The van der Waals surface area contributed by atoms with Crippen LogP contribution in [0.15, 0.2) is 0 Å². The molecular weight excluding hydrogens is 168 g/mol. The monoisotopic (exact) mass is 196 g/mol. The predicted octanol–water partition coefficient (Wildman–Crippen LogP) is 4.89. The summed E-state index contributed by atoms with van der Waals surface area (Å²) in [4.78, 5) is 0. The molecule has 1 saturated carbocycles. The highest BCUT2D eigenvalue weighted by atomic mass is 14.4. The summed E-state index contributed by atoms with van der Waals surface area (Å²) >= 11 is 0. The van der Waals surface area contributed by atoms with Gasteiger partial charge in [-0.25, -0.2) is 0 Å². The minimum absolute atomic E-state index is 0.529. The van der Waals surface area contributed by atoms with Crippen LogP contribution in [0.2, 0.25) is 0 Å². The first-order valence-corrected chi connectivity index (χ1v) is 6.17. The van der Waals surface area contributed by atoms with Gasteiger partial charge in [-0.2, -0.15) is 0 Å². The van der Waals surface area contributed by atoms with Gasteiger partial charge in [0.1, 0.15) is 0 Å². The van der Waals surface area contributed by atoms with Gasteiger partial charge in [-0.1, -0.05) is 41.5 Å². The van der Waals surface area contributed by atoms with E-state index in [0.717, 1.165) is 11.8 Å². The largest absolute Gasteiger partial charge is 0.0602 e. The summed E-state index contributed by atoms with van der Waals surface area (Å²) in [5.41, 5.74) is 1.06. The van der Waals surface area contributed by atoms with Crippen molar-refractivity contribution >= 4 is 0 Å². The molecule has 0 spiro atoms. The van der Waals surface area contributed by atoms with Crippen LogP contribution in [-0.4, -0.2) is 0 Å². The Bertz CT molecular complexity index is 155. The highest BCUT2D eigenvalue weighted by Crippen LogP contribution is 2.46. The SMILES string of the molecule is CC(C)(C)C[C@H]1CC[C@@H]1CC(C)(C)C. The third kappa shape index (κ3) is 4.02. The van der Waals surface area contributed by atoms with E-state index in [4.69, 9.17) is 0 Å². The van der Waals surface area contributed by atoms with Gasteiger partial charge in [-0.3, -0.25) is 0 Å². The van der Waals surface area contributed by atoms with Gasteiger partial charge in [0, 0.05) is 0 Å². The Kier molecular flexibility index (Phi) is 3.33. The highest BCUT2D eigenvalue weighted by Gasteiger charge is 2.35. The molecule has 0 unspecified atom stereocenters. The molecule has 0 heterocycles. The predicted molar refractivity (Wildman–Crippen MR) is 64.4 cm³/mol. The van der Waals surface area contributed by atoms with Crippen molar-refractivity contribution in [1.29, 1.82) is 0 Å². The lowest BCUT2D eigenvalue weighted by Gasteiger charge is -2.43. The lowest BCUT2D eigenvalue weighted by molar-refractivity contribution is 0.0793. The first-order valence-electron chi connectivity index (χ1n) is 6.17. The third-order valence-electron chi connectivity index (χ3n) is 3.32. The fourth-order valence-electron chi connectivity index (χ4n) is 2.75. The van der Waals surface area contributed by atoms with Crippen LogP contribution in [0.3, 0.4) is 0 Å². The van der Waals surface area contributed by atoms with E-state index in [9.17, 15) is 0 Å². The summed E-state index contributed by atoms with van der Waals surface area (Å²) in [6.07, 6.45) is 5.82. The summed E-state index contributed by atoms with van der Waals surface area (Å²) in [7, 11) is 0. The van der Waals surface area contributed by atoms with Crippen molar-refractivity contribution in [2.24, 2.45) is 22.7 Å². The molecule has 1 rings (SSSR count). The molecule has 0 bridgehead atoms. The maximum absolute atomic E-state index is 2.37. The topological polar surface area (TPSA) is 0 Å². The Morgan fingerprint density at radius 3 is 1.14 bits per heavy atom. The standard InChI is InChI=1S/C14H28/c1-13(2,3)9-11-7-8-12(11)10-14(4,5)6/h11-12H,7-10H2,1-6H3/t11-,12-/m1/s1. The molecule has 1 aliphatic carbocycles. The molecule has 0 N–H and O–H groups in total. The second-order valence-corrected chi connectivity index (χ2v) is 7.63. The van der Waals surface area contributed by atoms with E-state index in [2.05, 4.69) is 41.5 Å². The molecule has 0 radical (unpaired) electrons. The van der Waals surface area contributed by atoms with Crippen LogP contribution in [0.5, 0.6) is 0 Å². The zero-order valence-electron chi connectivity index (χ0n) is 11.0. The van der Waals surface area contributed by atoms with Crippen LogP contribution < -0.4 is 0 Å². The molecule has 0 heteroatoms. The average molecular weight is 196 g/mol. The van der Waals surface area contributed by atoms with Gasteiger partial charge in [-0.05, 0) is 48.3 Å². The maximum Gasteiger partial charge on any atom is -0.0380 e.